The zero-order valence-corrected chi connectivity index (χ0v) is 6.54. The summed E-state index contributed by atoms with van der Waals surface area (Å²) in [6, 6.07) is -0.426. The molecule has 0 aromatic heterocycles. The van der Waals surface area contributed by atoms with Crippen LogP contribution in [-0.4, -0.2) is 11.9 Å². The Morgan fingerprint density at radius 2 is 2.58 bits per heavy atom. The molecule has 0 aromatic rings. The molecule has 0 radical (unpaired) electrons. The largest absolute Gasteiger partial charge is 0.408 e. The zero-order chi connectivity index (χ0) is 8.55. The molecule has 0 bridgehead atoms. The zero-order valence-electron chi connectivity index (χ0n) is 6.54. The molecular weight excluding hydrogens is 156 g/mol. The fourth-order valence-electron chi connectivity index (χ4n) is 1.47. The molecule has 1 heterocycles. The van der Waals surface area contributed by atoms with E-state index in [0.29, 0.717) is 0 Å². The van der Waals surface area contributed by atoms with Crippen LogP contribution in [0.1, 0.15) is 12.8 Å². The van der Waals surface area contributed by atoms with E-state index in [1.807, 2.05) is 12.2 Å². The average molecular weight is 166 g/mol. The maximum Gasteiger partial charge on any atom is 0.242 e. The molecule has 4 heteroatoms. The molecule has 4 nitrogen and oxygen atoms in total. The van der Waals surface area contributed by atoms with Crippen LogP contribution in [-0.2, 0) is 9.63 Å². The summed E-state index contributed by atoms with van der Waals surface area (Å²) in [5.41, 5.74) is 8.74. The van der Waals surface area contributed by atoms with Crippen molar-refractivity contribution in [3.05, 3.63) is 23.5 Å². The van der Waals surface area contributed by atoms with Gasteiger partial charge in [0.05, 0.1) is 0 Å². The van der Waals surface area contributed by atoms with E-state index in [1.54, 1.807) is 0 Å². The molecule has 3 N–H and O–H groups in total. The van der Waals surface area contributed by atoms with Crippen LogP contribution in [0.3, 0.4) is 0 Å². The number of hydrogen-bond donors (Lipinski definition) is 2. The number of nitrogens with one attached hydrogen (secondary N) is 1. The normalized spacial score (nSPS) is 26.8. The average Bonchev–Trinajstić information content (AvgIpc) is 2.47. The Labute approximate surface area is 70.0 Å². The molecule has 0 fully saturated rings. The predicted octanol–water partition coefficient (Wildman–Crippen LogP) is -0.0208. The van der Waals surface area contributed by atoms with Crippen LogP contribution in [0.4, 0.5) is 0 Å². The lowest BCUT2D eigenvalue weighted by Crippen LogP contribution is -2.38. The van der Waals surface area contributed by atoms with Crippen molar-refractivity contribution in [3.63, 3.8) is 0 Å². The summed E-state index contributed by atoms with van der Waals surface area (Å²) in [5.74, 6) is 0.375. The number of allylic oxidation sites excluding steroid dienone is 2. The van der Waals surface area contributed by atoms with E-state index in [2.05, 4.69) is 5.48 Å². The van der Waals surface area contributed by atoms with Crippen molar-refractivity contribution < 1.29 is 9.63 Å². The first kappa shape index (κ1) is 7.36. The van der Waals surface area contributed by atoms with Crippen molar-refractivity contribution in [3.8, 4) is 0 Å². The van der Waals surface area contributed by atoms with Gasteiger partial charge in [-0.3, -0.25) is 4.79 Å². The maximum atomic E-state index is 10.9. The molecule has 0 saturated heterocycles. The van der Waals surface area contributed by atoms with Crippen LogP contribution in [0.25, 0.3) is 0 Å². The Morgan fingerprint density at radius 1 is 1.75 bits per heavy atom. The van der Waals surface area contributed by atoms with Gasteiger partial charge < -0.3 is 10.6 Å². The van der Waals surface area contributed by atoms with Crippen molar-refractivity contribution >= 4 is 5.91 Å². The van der Waals surface area contributed by atoms with E-state index in [9.17, 15) is 4.79 Å². The molecule has 1 aliphatic carbocycles. The van der Waals surface area contributed by atoms with Gasteiger partial charge in [-0.1, -0.05) is 6.08 Å². The molecule has 0 saturated carbocycles. The minimum atomic E-state index is -0.426. The second-order valence-corrected chi connectivity index (χ2v) is 2.89. The number of hydroxylamine groups is 1. The third kappa shape index (κ3) is 1.00. The van der Waals surface area contributed by atoms with Crippen molar-refractivity contribution in [1.29, 1.82) is 0 Å². The van der Waals surface area contributed by atoms with E-state index in [1.165, 1.54) is 0 Å². The van der Waals surface area contributed by atoms with E-state index in [4.69, 9.17) is 10.6 Å². The molecule has 2 rings (SSSR count). The van der Waals surface area contributed by atoms with Gasteiger partial charge in [0.2, 0.25) is 5.91 Å². The summed E-state index contributed by atoms with van der Waals surface area (Å²) < 4.78 is 0. The van der Waals surface area contributed by atoms with Crippen LogP contribution in [0.5, 0.6) is 0 Å². The van der Waals surface area contributed by atoms with Crippen LogP contribution >= 0.6 is 0 Å². The first-order valence-corrected chi connectivity index (χ1v) is 3.90. The summed E-state index contributed by atoms with van der Waals surface area (Å²) in [6.45, 7) is 0. The molecule has 12 heavy (non-hydrogen) atoms. The second kappa shape index (κ2) is 2.64. The Balaban J connectivity index is 2.27. The second-order valence-electron chi connectivity index (χ2n) is 2.89. The van der Waals surface area contributed by atoms with Crippen molar-refractivity contribution in [2.45, 2.75) is 18.9 Å². The summed E-state index contributed by atoms with van der Waals surface area (Å²) in [7, 11) is 0. The Bertz CT molecular complexity index is 281. The van der Waals surface area contributed by atoms with Gasteiger partial charge in [0, 0.05) is 5.57 Å². The fraction of sp³-hybridized carbons (Fsp3) is 0.375. The Kier molecular flexibility index (Phi) is 1.62. The Morgan fingerprint density at radius 3 is 3.33 bits per heavy atom. The molecule has 1 unspecified atom stereocenters. The molecule has 0 spiro atoms. The highest BCUT2D eigenvalue weighted by Gasteiger charge is 2.30. The lowest BCUT2D eigenvalue weighted by atomic mass is 9.97. The molecule has 2 aliphatic rings. The first-order valence-electron chi connectivity index (χ1n) is 3.90. The van der Waals surface area contributed by atoms with Gasteiger partial charge in [0.1, 0.15) is 11.8 Å². The lowest BCUT2D eigenvalue weighted by Gasteiger charge is -2.08. The quantitative estimate of drug-likeness (QED) is 0.575. The standard InChI is InChI=1S/C8H10N2O2/c9-8(11)7-5-3-1-2-4-6(5)12-10-7/h2,4,7,10H,1,3H2,(H2,9,11). The summed E-state index contributed by atoms with van der Waals surface area (Å²) in [6.07, 6.45) is 5.69. The smallest absolute Gasteiger partial charge is 0.242 e. The number of nitrogens with two attached hydrogens (primary N) is 1. The van der Waals surface area contributed by atoms with E-state index >= 15 is 0 Å². The number of primary amides is 1. The highest BCUT2D eigenvalue weighted by Crippen LogP contribution is 2.26. The van der Waals surface area contributed by atoms with Crippen LogP contribution in [0, 0.1) is 0 Å². The van der Waals surface area contributed by atoms with Gasteiger partial charge in [0.15, 0.2) is 0 Å². The highest BCUT2D eigenvalue weighted by atomic mass is 16.7. The number of carbonyl (C=O) groups is 1. The van der Waals surface area contributed by atoms with Crippen LogP contribution in [0.15, 0.2) is 23.5 Å². The minimum absolute atomic E-state index is 0.379. The fourth-order valence-corrected chi connectivity index (χ4v) is 1.47. The Hall–Kier alpha value is -1.29. The summed E-state index contributed by atoms with van der Waals surface area (Å²) in [5, 5.41) is 0. The molecule has 1 atom stereocenters. The topological polar surface area (TPSA) is 64.4 Å². The molecular formula is C8H10N2O2. The van der Waals surface area contributed by atoms with E-state index < -0.39 is 6.04 Å². The molecule has 1 amide bonds. The van der Waals surface area contributed by atoms with Gasteiger partial charge >= 0.3 is 0 Å². The number of carbonyl (C=O) groups excluding carboxylic acids is 1. The lowest BCUT2D eigenvalue weighted by molar-refractivity contribution is -0.120. The van der Waals surface area contributed by atoms with Crippen molar-refractivity contribution in [2.24, 2.45) is 5.73 Å². The van der Waals surface area contributed by atoms with Crippen LogP contribution < -0.4 is 11.2 Å². The summed E-state index contributed by atoms with van der Waals surface area (Å²) >= 11 is 0. The van der Waals surface area contributed by atoms with Gasteiger partial charge in [-0.2, -0.15) is 0 Å². The monoisotopic (exact) mass is 166 g/mol. The number of amides is 1. The van der Waals surface area contributed by atoms with Gasteiger partial charge in [-0.05, 0) is 18.9 Å². The SMILES string of the molecule is NC(=O)C1NOC2=C1CCC=C2. The number of rotatable bonds is 1. The molecule has 1 aliphatic heterocycles. The van der Waals surface area contributed by atoms with E-state index in [0.717, 1.165) is 24.2 Å². The minimum Gasteiger partial charge on any atom is -0.408 e. The van der Waals surface area contributed by atoms with Gasteiger partial charge in [-0.25, -0.2) is 0 Å². The maximum absolute atomic E-state index is 10.9. The van der Waals surface area contributed by atoms with E-state index in [-0.39, 0.29) is 5.91 Å². The van der Waals surface area contributed by atoms with Crippen molar-refractivity contribution in [2.75, 3.05) is 0 Å². The van der Waals surface area contributed by atoms with Gasteiger partial charge in [-0.15, -0.1) is 5.48 Å². The third-order valence-electron chi connectivity index (χ3n) is 2.09. The van der Waals surface area contributed by atoms with Gasteiger partial charge in [0.25, 0.3) is 0 Å². The number of hydrogen-bond acceptors (Lipinski definition) is 3. The van der Waals surface area contributed by atoms with Crippen LogP contribution in [0.2, 0.25) is 0 Å². The first-order chi connectivity index (χ1) is 5.79. The highest BCUT2D eigenvalue weighted by molar-refractivity contribution is 5.84. The third-order valence-corrected chi connectivity index (χ3v) is 2.09. The summed E-state index contributed by atoms with van der Waals surface area (Å²) in [4.78, 5) is 16.0. The molecule has 0 aromatic carbocycles. The molecule has 64 valence electrons. The predicted molar refractivity (Wildman–Crippen MR) is 42.6 cm³/mol. The van der Waals surface area contributed by atoms with Crippen molar-refractivity contribution in [1.82, 2.24) is 5.48 Å².